The first-order valence-corrected chi connectivity index (χ1v) is 9.71. The lowest BCUT2D eigenvalue weighted by Gasteiger charge is -2.13. The molecule has 0 radical (unpaired) electrons. The number of hydrogen-bond acceptors (Lipinski definition) is 4. The van der Waals surface area contributed by atoms with Crippen molar-refractivity contribution in [2.75, 3.05) is 11.9 Å². The van der Waals surface area contributed by atoms with Crippen LogP contribution in [0.4, 0.5) is 5.69 Å². The summed E-state index contributed by atoms with van der Waals surface area (Å²) >= 11 is 0. The number of rotatable bonds is 8. The van der Waals surface area contributed by atoms with Crippen LogP contribution in [-0.4, -0.2) is 18.5 Å². The van der Waals surface area contributed by atoms with Crippen molar-refractivity contribution >= 4 is 17.6 Å². The van der Waals surface area contributed by atoms with Gasteiger partial charge in [0.15, 0.2) is 6.61 Å². The van der Waals surface area contributed by atoms with E-state index in [0.717, 1.165) is 22.6 Å². The number of hydrogen-bond donors (Lipinski definition) is 1. The summed E-state index contributed by atoms with van der Waals surface area (Å²) in [4.78, 5) is 24.1. The first-order valence-electron chi connectivity index (χ1n) is 9.71. The number of aryl methyl sites for hydroxylation is 1. The smallest absolute Gasteiger partial charge is 0.306 e. The van der Waals surface area contributed by atoms with Crippen LogP contribution in [0.1, 0.15) is 37.5 Å². The molecule has 2 aromatic carbocycles. The maximum Gasteiger partial charge on any atom is 0.306 e. The van der Waals surface area contributed by atoms with Gasteiger partial charge < -0.3 is 14.5 Å². The molecule has 0 bridgehead atoms. The maximum absolute atomic E-state index is 12.1. The molecule has 0 unspecified atom stereocenters. The fourth-order valence-electron chi connectivity index (χ4n) is 3.01. The van der Waals surface area contributed by atoms with Crippen molar-refractivity contribution in [3.8, 4) is 11.3 Å². The Morgan fingerprint density at radius 3 is 2.45 bits per heavy atom. The zero-order chi connectivity index (χ0) is 20.6. The summed E-state index contributed by atoms with van der Waals surface area (Å²) in [5.74, 6) is 0.960. The Kier molecular flexibility index (Phi) is 6.85. The molecule has 1 aromatic heterocycles. The summed E-state index contributed by atoms with van der Waals surface area (Å²) in [6.07, 6.45) is 0.571. The standard InChI is InChI=1S/C24H25NO4/c1-17(2)20-10-6-7-11-21(20)25-23(26)16-28-24(27)15-13-19-12-14-22(29-19)18-8-4-3-5-9-18/h3-12,14,17H,13,15-16H2,1-2H3,(H,25,26). The summed E-state index contributed by atoms with van der Waals surface area (Å²) in [5.41, 5.74) is 2.77. The molecule has 29 heavy (non-hydrogen) atoms. The van der Waals surface area contributed by atoms with Gasteiger partial charge in [-0.1, -0.05) is 62.4 Å². The van der Waals surface area contributed by atoms with Gasteiger partial charge >= 0.3 is 5.97 Å². The second kappa shape index (κ2) is 9.73. The molecule has 0 aliphatic carbocycles. The van der Waals surface area contributed by atoms with Crippen LogP contribution >= 0.6 is 0 Å². The van der Waals surface area contributed by atoms with Gasteiger partial charge in [0.05, 0.1) is 6.42 Å². The zero-order valence-corrected chi connectivity index (χ0v) is 16.7. The minimum Gasteiger partial charge on any atom is -0.461 e. The Labute approximate surface area is 170 Å². The predicted molar refractivity (Wildman–Crippen MR) is 113 cm³/mol. The van der Waals surface area contributed by atoms with Gasteiger partial charge in [-0.05, 0) is 29.7 Å². The third-order valence-corrected chi connectivity index (χ3v) is 4.52. The van der Waals surface area contributed by atoms with Crippen molar-refractivity contribution in [2.45, 2.75) is 32.6 Å². The van der Waals surface area contributed by atoms with Crippen LogP contribution in [0, 0.1) is 0 Å². The third-order valence-electron chi connectivity index (χ3n) is 4.52. The quantitative estimate of drug-likeness (QED) is 0.537. The lowest BCUT2D eigenvalue weighted by atomic mass is 10.0. The van der Waals surface area contributed by atoms with Gasteiger partial charge in [-0.25, -0.2) is 0 Å². The minimum atomic E-state index is -0.435. The largest absolute Gasteiger partial charge is 0.461 e. The first kappa shape index (κ1) is 20.4. The molecule has 0 saturated heterocycles. The fourth-order valence-corrected chi connectivity index (χ4v) is 3.01. The van der Waals surface area contributed by atoms with E-state index in [9.17, 15) is 9.59 Å². The van der Waals surface area contributed by atoms with Crippen molar-refractivity contribution in [2.24, 2.45) is 0 Å². The van der Waals surface area contributed by atoms with Gasteiger partial charge in [0.25, 0.3) is 5.91 Å². The monoisotopic (exact) mass is 391 g/mol. The number of furan rings is 1. The van der Waals surface area contributed by atoms with Crippen LogP contribution in [-0.2, 0) is 20.7 Å². The summed E-state index contributed by atoms with van der Waals surface area (Å²) in [6, 6.07) is 21.1. The van der Waals surface area contributed by atoms with Gasteiger partial charge in [0, 0.05) is 17.7 Å². The Morgan fingerprint density at radius 2 is 1.69 bits per heavy atom. The number of anilines is 1. The van der Waals surface area contributed by atoms with Crippen LogP contribution in [0.15, 0.2) is 71.1 Å². The van der Waals surface area contributed by atoms with E-state index in [1.807, 2.05) is 66.7 Å². The normalized spacial score (nSPS) is 10.7. The van der Waals surface area contributed by atoms with Crippen LogP contribution in [0.2, 0.25) is 0 Å². The summed E-state index contributed by atoms with van der Waals surface area (Å²) in [5, 5.41) is 2.81. The highest BCUT2D eigenvalue weighted by Gasteiger charge is 2.12. The van der Waals surface area contributed by atoms with Gasteiger partial charge in [0.1, 0.15) is 11.5 Å². The summed E-state index contributed by atoms with van der Waals surface area (Å²) in [6.45, 7) is 3.81. The van der Waals surface area contributed by atoms with E-state index in [1.54, 1.807) is 0 Å². The van der Waals surface area contributed by atoms with E-state index in [1.165, 1.54) is 0 Å². The molecule has 0 aliphatic rings. The number of nitrogens with one attached hydrogen (secondary N) is 1. The fraction of sp³-hybridized carbons (Fsp3) is 0.250. The first-order chi connectivity index (χ1) is 14.0. The predicted octanol–water partition coefficient (Wildman–Crippen LogP) is 5.18. The van der Waals surface area contributed by atoms with Gasteiger partial charge in [-0.15, -0.1) is 0 Å². The third kappa shape index (κ3) is 5.82. The second-order valence-corrected chi connectivity index (χ2v) is 7.08. The van der Waals surface area contributed by atoms with Crippen molar-refractivity contribution < 1.29 is 18.7 Å². The van der Waals surface area contributed by atoms with E-state index in [4.69, 9.17) is 9.15 Å². The summed E-state index contributed by atoms with van der Waals surface area (Å²) in [7, 11) is 0. The lowest BCUT2D eigenvalue weighted by Crippen LogP contribution is -2.21. The van der Waals surface area contributed by atoms with Gasteiger partial charge in [0.2, 0.25) is 0 Å². The summed E-state index contributed by atoms with van der Waals surface area (Å²) < 4.78 is 10.9. The number of amides is 1. The highest BCUT2D eigenvalue weighted by atomic mass is 16.5. The number of ether oxygens (including phenoxy) is 1. The Morgan fingerprint density at radius 1 is 0.966 bits per heavy atom. The minimum absolute atomic E-state index is 0.150. The maximum atomic E-state index is 12.1. The molecule has 150 valence electrons. The van der Waals surface area contributed by atoms with E-state index in [2.05, 4.69) is 19.2 Å². The molecule has 5 heteroatoms. The lowest BCUT2D eigenvalue weighted by molar-refractivity contribution is -0.147. The molecular weight excluding hydrogens is 366 g/mol. The van der Waals surface area contributed by atoms with E-state index < -0.39 is 5.97 Å². The van der Waals surface area contributed by atoms with Crippen molar-refractivity contribution in [3.63, 3.8) is 0 Å². The van der Waals surface area contributed by atoms with E-state index in [-0.39, 0.29) is 24.9 Å². The number of carbonyl (C=O) groups is 2. The molecule has 0 atom stereocenters. The van der Waals surface area contributed by atoms with Crippen LogP contribution < -0.4 is 5.32 Å². The molecule has 1 N–H and O–H groups in total. The molecular formula is C24H25NO4. The number of carbonyl (C=O) groups excluding carboxylic acids is 2. The second-order valence-electron chi connectivity index (χ2n) is 7.08. The van der Waals surface area contributed by atoms with Gasteiger partial charge in [-0.2, -0.15) is 0 Å². The van der Waals surface area contributed by atoms with Crippen LogP contribution in [0.3, 0.4) is 0 Å². The molecule has 0 aliphatic heterocycles. The number of esters is 1. The molecule has 0 saturated carbocycles. The van der Waals surface area contributed by atoms with E-state index in [0.29, 0.717) is 12.2 Å². The Hall–Kier alpha value is -3.34. The SMILES string of the molecule is CC(C)c1ccccc1NC(=O)COC(=O)CCc1ccc(-c2ccccc2)o1. The zero-order valence-electron chi connectivity index (χ0n) is 16.7. The molecule has 0 spiro atoms. The molecule has 3 aromatic rings. The molecule has 5 nitrogen and oxygen atoms in total. The molecule has 0 fully saturated rings. The Balaban J connectivity index is 1.45. The molecule has 1 heterocycles. The molecule has 1 amide bonds. The van der Waals surface area contributed by atoms with Crippen molar-refractivity contribution in [3.05, 3.63) is 78.1 Å². The van der Waals surface area contributed by atoms with E-state index >= 15 is 0 Å². The van der Waals surface area contributed by atoms with Crippen molar-refractivity contribution in [1.29, 1.82) is 0 Å². The van der Waals surface area contributed by atoms with Gasteiger partial charge in [-0.3, -0.25) is 9.59 Å². The topological polar surface area (TPSA) is 68.5 Å². The Bertz CT molecular complexity index is 960. The number of benzene rings is 2. The van der Waals surface area contributed by atoms with Crippen LogP contribution in [0.5, 0.6) is 0 Å². The average Bonchev–Trinajstić information content (AvgIpc) is 3.21. The molecule has 3 rings (SSSR count). The number of para-hydroxylation sites is 1. The average molecular weight is 391 g/mol. The van der Waals surface area contributed by atoms with Crippen LogP contribution in [0.25, 0.3) is 11.3 Å². The van der Waals surface area contributed by atoms with Crippen molar-refractivity contribution in [1.82, 2.24) is 0 Å². The highest BCUT2D eigenvalue weighted by molar-refractivity contribution is 5.93. The highest BCUT2D eigenvalue weighted by Crippen LogP contribution is 2.24.